The zero-order chi connectivity index (χ0) is 8.39. The van der Waals surface area contributed by atoms with Gasteiger partial charge in [-0.05, 0) is 25.7 Å². The Morgan fingerprint density at radius 3 is 2.92 bits per heavy atom. The smallest absolute Gasteiger partial charge is 0.184 e. The van der Waals surface area contributed by atoms with Crippen LogP contribution in [-0.4, -0.2) is 4.98 Å². The van der Waals surface area contributed by atoms with Crippen LogP contribution in [0.3, 0.4) is 0 Å². The zero-order valence-corrected chi connectivity index (χ0v) is 7.10. The van der Waals surface area contributed by atoms with E-state index in [1.807, 2.05) is 0 Å². The van der Waals surface area contributed by atoms with Gasteiger partial charge < -0.3 is 4.98 Å². The second-order valence-corrected chi connectivity index (χ2v) is 3.36. The van der Waals surface area contributed by atoms with Gasteiger partial charge in [0.15, 0.2) is 5.43 Å². The summed E-state index contributed by atoms with van der Waals surface area (Å²) in [5.74, 6) is 0. The highest BCUT2D eigenvalue weighted by Gasteiger charge is 2.09. The van der Waals surface area contributed by atoms with Crippen molar-refractivity contribution >= 4 is 0 Å². The molecular weight excluding hydrogens is 150 g/mol. The van der Waals surface area contributed by atoms with Gasteiger partial charge in [0.25, 0.3) is 0 Å². The molecule has 2 nitrogen and oxygen atoms in total. The fourth-order valence-corrected chi connectivity index (χ4v) is 1.83. The van der Waals surface area contributed by atoms with E-state index in [0.29, 0.717) is 0 Å². The van der Waals surface area contributed by atoms with Crippen molar-refractivity contribution in [3.05, 3.63) is 33.7 Å². The van der Waals surface area contributed by atoms with Crippen LogP contribution in [0.15, 0.2) is 17.1 Å². The summed E-state index contributed by atoms with van der Waals surface area (Å²) in [6.45, 7) is 0. The van der Waals surface area contributed by atoms with Gasteiger partial charge in [-0.25, -0.2) is 0 Å². The van der Waals surface area contributed by atoms with Crippen LogP contribution in [0.25, 0.3) is 0 Å². The highest BCUT2D eigenvalue weighted by Crippen LogP contribution is 2.14. The molecule has 1 aliphatic rings. The van der Waals surface area contributed by atoms with Crippen molar-refractivity contribution in [3.63, 3.8) is 0 Å². The van der Waals surface area contributed by atoms with Gasteiger partial charge in [0.2, 0.25) is 0 Å². The van der Waals surface area contributed by atoms with Gasteiger partial charge in [-0.15, -0.1) is 0 Å². The van der Waals surface area contributed by atoms with E-state index in [0.717, 1.165) is 18.4 Å². The summed E-state index contributed by atoms with van der Waals surface area (Å²) >= 11 is 0. The van der Waals surface area contributed by atoms with Crippen LogP contribution in [0.2, 0.25) is 0 Å². The van der Waals surface area contributed by atoms with E-state index in [9.17, 15) is 4.79 Å². The SMILES string of the molecule is O=c1cc[nH]c2c1CCCCC2. The predicted octanol–water partition coefficient (Wildman–Crippen LogP) is 1.64. The van der Waals surface area contributed by atoms with E-state index < -0.39 is 0 Å². The minimum Gasteiger partial charge on any atom is -0.365 e. The minimum atomic E-state index is 0.214. The zero-order valence-electron chi connectivity index (χ0n) is 7.10. The third-order valence-corrected chi connectivity index (χ3v) is 2.51. The topological polar surface area (TPSA) is 32.9 Å². The molecule has 0 amide bonds. The first kappa shape index (κ1) is 7.59. The lowest BCUT2D eigenvalue weighted by Gasteiger charge is -2.01. The van der Waals surface area contributed by atoms with Crippen LogP contribution in [0.5, 0.6) is 0 Å². The number of pyridine rings is 1. The maximum absolute atomic E-state index is 11.4. The Kier molecular flexibility index (Phi) is 1.98. The maximum atomic E-state index is 11.4. The Bertz CT molecular complexity index is 327. The van der Waals surface area contributed by atoms with E-state index >= 15 is 0 Å². The van der Waals surface area contributed by atoms with E-state index in [1.165, 1.54) is 25.0 Å². The van der Waals surface area contributed by atoms with Gasteiger partial charge >= 0.3 is 0 Å². The lowest BCUT2D eigenvalue weighted by Crippen LogP contribution is -2.11. The summed E-state index contributed by atoms with van der Waals surface area (Å²) in [5.41, 5.74) is 2.40. The molecule has 2 rings (SSSR count). The number of aromatic nitrogens is 1. The second kappa shape index (κ2) is 3.13. The van der Waals surface area contributed by atoms with E-state index in [-0.39, 0.29) is 5.43 Å². The van der Waals surface area contributed by atoms with Crippen LogP contribution in [0, 0.1) is 0 Å². The van der Waals surface area contributed by atoms with Crippen LogP contribution in [0.1, 0.15) is 30.5 Å². The minimum absolute atomic E-state index is 0.214. The van der Waals surface area contributed by atoms with Gasteiger partial charge in [0.05, 0.1) is 0 Å². The third kappa shape index (κ3) is 1.29. The second-order valence-electron chi connectivity index (χ2n) is 3.36. The molecule has 2 heteroatoms. The molecule has 0 aliphatic heterocycles. The molecular formula is C10H13NO. The molecule has 1 aromatic rings. The summed E-state index contributed by atoms with van der Waals surface area (Å²) in [4.78, 5) is 14.6. The molecule has 1 aliphatic carbocycles. The Labute approximate surface area is 71.6 Å². The number of hydrogen-bond donors (Lipinski definition) is 1. The van der Waals surface area contributed by atoms with Crippen LogP contribution in [-0.2, 0) is 12.8 Å². The molecule has 12 heavy (non-hydrogen) atoms. The van der Waals surface area contributed by atoms with E-state index in [2.05, 4.69) is 4.98 Å². The van der Waals surface area contributed by atoms with Crippen molar-refractivity contribution < 1.29 is 0 Å². The van der Waals surface area contributed by atoms with E-state index in [4.69, 9.17) is 0 Å². The van der Waals surface area contributed by atoms with Crippen LogP contribution >= 0.6 is 0 Å². The number of rotatable bonds is 0. The van der Waals surface area contributed by atoms with Crippen molar-refractivity contribution in [1.29, 1.82) is 0 Å². The number of fused-ring (bicyclic) bond motifs is 1. The predicted molar refractivity (Wildman–Crippen MR) is 48.3 cm³/mol. The lowest BCUT2D eigenvalue weighted by atomic mass is 10.1. The summed E-state index contributed by atoms with van der Waals surface area (Å²) in [7, 11) is 0. The lowest BCUT2D eigenvalue weighted by molar-refractivity contribution is 0.708. The Balaban J connectivity index is 2.49. The highest BCUT2D eigenvalue weighted by molar-refractivity contribution is 5.21. The first-order valence-electron chi connectivity index (χ1n) is 4.57. The average Bonchev–Trinajstić information content (AvgIpc) is 2.30. The number of hydrogen-bond acceptors (Lipinski definition) is 1. The molecule has 1 N–H and O–H groups in total. The van der Waals surface area contributed by atoms with Crippen molar-refractivity contribution in [1.82, 2.24) is 4.98 Å². The number of aromatic amines is 1. The summed E-state index contributed by atoms with van der Waals surface area (Å²) in [6, 6.07) is 1.63. The Morgan fingerprint density at radius 1 is 1.17 bits per heavy atom. The van der Waals surface area contributed by atoms with Crippen molar-refractivity contribution in [2.75, 3.05) is 0 Å². The molecule has 0 bridgehead atoms. The quantitative estimate of drug-likeness (QED) is 0.579. The fraction of sp³-hybridized carbons (Fsp3) is 0.500. The van der Waals surface area contributed by atoms with Crippen molar-refractivity contribution in [2.24, 2.45) is 0 Å². The largest absolute Gasteiger partial charge is 0.365 e. The maximum Gasteiger partial charge on any atom is 0.184 e. The number of nitrogens with one attached hydrogen (secondary N) is 1. The molecule has 0 aromatic carbocycles. The molecule has 0 saturated carbocycles. The molecule has 0 radical (unpaired) electrons. The van der Waals surface area contributed by atoms with Crippen LogP contribution in [0.4, 0.5) is 0 Å². The summed E-state index contributed by atoms with van der Waals surface area (Å²) in [5, 5.41) is 0. The molecule has 0 saturated heterocycles. The molecule has 0 unspecified atom stereocenters. The third-order valence-electron chi connectivity index (χ3n) is 2.51. The monoisotopic (exact) mass is 163 g/mol. The van der Waals surface area contributed by atoms with Gasteiger partial charge in [0, 0.05) is 23.5 Å². The molecule has 1 heterocycles. The average molecular weight is 163 g/mol. The first-order chi connectivity index (χ1) is 5.88. The number of H-pyrrole nitrogens is 1. The molecule has 0 atom stereocenters. The van der Waals surface area contributed by atoms with Crippen molar-refractivity contribution in [2.45, 2.75) is 32.1 Å². The Hall–Kier alpha value is -1.05. The van der Waals surface area contributed by atoms with Crippen molar-refractivity contribution in [3.8, 4) is 0 Å². The van der Waals surface area contributed by atoms with Gasteiger partial charge in [-0.3, -0.25) is 4.79 Å². The van der Waals surface area contributed by atoms with Gasteiger partial charge in [-0.1, -0.05) is 6.42 Å². The summed E-state index contributed by atoms with van der Waals surface area (Å²) in [6.07, 6.45) is 7.40. The van der Waals surface area contributed by atoms with Gasteiger partial charge in [0.1, 0.15) is 0 Å². The normalized spacial score (nSPS) is 16.7. The van der Waals surface area contributed by atoms with E-state index in [1.54, 1.807) is 12.3 Å². The standard InChI is InChI=1S/C10H13NO/c12-10-6-7-11-9-5-3-1-2-4-8(9)10/h6-7H,1-5H2,(H,11,12). The highest BCUT2D eigenvalue weighted by atomic mass is 16.1. The number of aryl methyl sites for hydroxylation is 1. The first-order valence-corrected chi connectivity index (χ1v) is 4.57. The summed E-state index contributed by atoms with van der Waals surface area (Å²) < 4.78 is 0. The Morgan fingerprint density at radius 2 is 2.00 bits per heavy atom. The molecule has 1 aromatic heterocycles. The fourth-order valence-electron chi connectivity index (χ4n) is 1.83. The molecule has 0 spiro atoms. The molecule has 0 fully saturated rings. The van der Waals surface area contributed by atoms with Crippen LogP contribution < -0.4 is 5.43 Å². The van der Waals surface area contributed by atoms with Gasteiger partial charge in [-0.2, -0.15) is 0 Å². The molecule has 64 valence electrons.